The average Bonchev–Trinajstić information content (AvgIpc) is 2.67. The zero-order valence-electron chi connectivity index (χ0n) is 17.4. The van der Waals surface area contributed by atoms with Gasteiger partial charge in [-0.1, -0.05) is 36.8 Å². The Bertz CT molecular complexity index is 1080. The summed E-state index contributed by atoms with van der Waals surface area (Å²) >= 11 is 0. The number of anilines is 1. The summed E-state index contributed by atoms with van der Waals surface area (Å²) in [4.78, 5) is 27.9. The summed E-state index contributed by atoms with van der Waals surface area (Å²) in [6.07, 6.45) is 2.51. The third kappa shape index (κ3) is 5.02. The third-order valence-corrected chi connectivity index (χ3v) is 6.33. The monoisotopic (exact) mass is 444 g/mol. The van der Waals surface area contributed by atoms with E-state index < -0.39 is 33.1 Å². The molecule has 8 heteroatoms. The van der Waals surface area contributed by atoms with E-state index >= 15 is 0 Å². The molecule has 2 aromatic carbocycles. The lowest BCUT2D eigenvalue weighted by atomic mass is 9.67. The highest BCUT2D eigenvalue weighted by Gasteiger charge is 2.54. The smallest absolute Gasteiger partial charge is 0.257 e. The van der Waals surface area contributed by atoms with Crippen molar-refractivity contribution < 1.29 is 22.4 Å². The topological polar surface area (TPSA) is 83.6 Å². The Labute approximate surface area is 181 Å². The van der Waals surface area contributed by atoms with Crippen molar-refractivity contribution in [3.05, 3.63) is 71.4 Å². The molecular formula is C23H25FN2O4S. The zero-order chi connectivity index (χ0) is 22.6. The molecule has 1 aliphatic carbocycles. The van der Waals surface area contributed by atoms with E-state index in [1.807, 2.05) is 4.72 Å². The second-order valence-corrected chi connectivity index (χ2v) is 9.44. The fraction of sp³-hybridized carbons (Fsp3) is 0.304. The van der Waals surface area contributed by atoms with Crippen LogP contribution in [-0.4, -0.2) is 26.3 Å². The SMILES string of the molecule is CC(C)N(C(=O)C1(C(=O)NS(=O)(=O)/C=C/c2ccccc2)CCC1)c1ccc(F)cc1. The Morgan fingerprint density at radius 1 is 1.06 bits per heavy atom. The molecule has 2 aromatic rings. The van der Waals surface area contributed by atoms with Crippen molar-refractivity contribution in [2.24, 2.45) is 5.41 Å². The highest BCUT2D eigenvalue weighted by molar-refractivity contribution is 7.93. The van der Waals surface area contributed by atoms with Crippen molar-refractivity contribution in [1.82, 2.24) is 4.72 Å². The van der Waals surface area contributed by atoms with Gasteiger partial charge < -0.3 is 4.90 Å². The van der Waals surface area contributed by atoms with Crippen molar-refractivity contribution >= 4 is 33.6 Å². The van der Waals surface area contributed by atoms with E-state index in [2.05, 4.69) is 0 Å². The minimum atomic E-state index is -4.09. The number of nitrogens with zero attached hydrogens (tertiary/aromatic N) is 1. The molecule has 1 aliphatic rings. The lowest BCUT2D eigenvalue weighted by Crippen LogP contribution is -2.58. The molecule has 1 N–H and O–H groups in total. The first-order valence-corrected chi connectivity index (χ1v) is 11.6. The summed E-state index contributed by atoms with van der Waals surface area (Å²) in [5.41, 5.74) is -0.351. The lowest BCUT2D eigenvalue weighted by molar-refractivity contribution is -0.146. The fourth-order valence-corrected chi connectivity index (χ4v) is 4.40. The first-order valence-electron chi connectivity index (χ1n) is 10.0. The molecule has 1 saturated carbocycles. The fourth-order valence-electron chi connectivity index (χ4n) is 3.54. The Kier molecular flexibility index (Phi) is 6.59. The van der Waals surface area contributed by atoms with Crippen LogP contribution in [-0.2, 0) is 19.6 Å². The van der Waals surface area contributed by atoms with E-state index in [0.717, 1.165) is 5.41 Å². The van der Waals surface area contributed by atoms with Gasteiger partial charge in [-0.3, -0.25) is 9.59 Å². The van der Waals surface area contributed by atoms with Gasteiger partial charge >= 0.3 is 0 Å². The molecule has 0 unspecified atom stereocenters. The minimum absolute atomic E-state index is 0.250. The number of hydrogen-bond donors (Lipinski definition) is 1. The van der Waals surface area contributed by atoms with Crippen LogP contribution >= 0.6 is 0 Å². The first-order chi connectivity index (χ1) is 14.6. The molecule has 164 valence electrons. The van der Waals surface area contributed by atoms with E-state index in [4.69, 9.17) is 0 Å². The lowest BCUT2D eigenvalue weighted by Gasteiger charge is -2.43. The quantitative estimate of drug-likeness (QED) is 0.658. The van der Waals surface area contributed by atoms with Crippen LogP contribution in [0.4, 0.5) is 10.1 Å². The number of sulfonamides is 1. The van der Waals surface area contributed by atoms with Crippen molar-refractivity contribution in [3.8, 4) is 0 Å². The van der Waals surface area contributed by atoms with Gasteiger partial charge in [-0.25, -0.2) is 17.5 Å². The summed E-state index contributed by atoms with van der Waals surface area (Å²) in [7, 11) is -4.09. The number of hydrogen-bond acceptors (Lipinski definition) is 4. The predicted octanol–water partition coefficient (Wildman–Crippen LogP) is 3.85. The van der Waals surface area contributed by atoms with Crippen molar-refractivity contribution in [3.63, 3.8) is 0 Å². The second-order valence-electron chi connectivity index (χ2n) is 7.87. The van der Waals surface area contributed by atoms with E-state index in [-0.39, 0.29) is 18.9 Å². The van der Waals surface area contributed by atoms with E-state index in [0.29, 0.717) is 17.7 Å². The van der Waals surface area contributed by atoms with Crippen molar-refractivity contribution in [2.45, 2.75) is 39.2 Å². The van der Waals surface area contributed by atoms with Crippen LogP contribution in [0.25, 0.3) is 6.08 Å². The molecular weight excluding hydrogens is 419 g/mol. The molecule has 1 fully saturated rings. The molecule has 6 nitrogen and oxygen atoms in total. The number of carbonyl (C=O) groups excluding carboxylic acids is 2. The van der Waals surface area contributed by atoms with Crippen molar-refractivity contribution in [1.29, 1.82) is 0 Å². The van der Waals surface area contributed by atoms with Gasteiger partial charge in [0.2, 0.25) is 11.8 Å². The number of amides is 2. The van der Waals surface area contributed by atoms with Crippen LogP contribution in [0.15, 0.2) is 60.0 Å². The van der Waals surface area contributed by atoms with Gasteiger partial charge in [0.25, 0.3) is 10.0 Å². The van der Waals surface area contributed by atoms with Gasteiger partial charge in [0.05, 0.1) is 5.41 Å². The molecule has 31 heavy (non-hydrogen) atoms. The van der Waals surface area contributed by atoms with Crippen LogP contribution in [0.1, 0.15) is 38.7 Å². The molecule has 0 bridgehead atoms. The number of nitrogens with one attached hydrogen (secondary N) is 1. The Balaban J connectivity index is 1.83. The van der Waals surface area contributed by atoms with Crippen LogP contribution < -0.4 is 9.62 Å². The summed E-state index contributed by atoms with van der Waals surface area (Å²) in [6.45, 7) is 3.57. The molecule has 0 aromatic heterocycles. The molecule has 0 spiro atoms. The summed E-state index contributed by atoms with van der Waals surface area (Å²) < 4.78 is 40.3. The molecule has 2 amide bonds. The number of benzene rings is 2. The molecule has 0 aliphatic heterocycles. The average molecular weight is 445 g/mol. The zero-order valence-corrected chi connectivity index (χ0v) is 18.2. The number of halogens is 1. The summed E-state index contributed by atoms with van der Waals surface area (Å²) in [5.74, 6) is -1.76. The number of rotatable bonds is 7. The highest BCUT2D eigenvalue weighted by Crippen LogP contribution is 2.44. The van der Waals surface area contributed by atoms with Gasteiger partial charge in [-0.05, 0) is 62.6 Å². The minimum Gasteiger partial charge on any atom is -0.309 e. The number of carbonyl (C=O) groups is 2. The first kappa shape index (κ1) is 22.7. The summed E-state index contributed by atoms with van der Waals surface area (Å²) in [5, 5.41) is 0.914. The van der Waals surface area contributed by atoms with Crippen LogP contribution in [0.5, 0.6) is 0 Å². The van der Waals surface area contributed by atoms with E-state index in [1.54, 1.807) is 44.2 Å². The second kappa shape index (κ2) is 9.01. The van der Waals surface area contributed by atoms with Gasteiger partial charge in [-0.2, -0.15) is 0 Å². The highest BCUT2D eigenvalue weighted by atomic mass is 32.2. The van der Waals surface area contributed by atoms with Gasteiger partial charge in [0.1, 0.15) is 11.2 Å². The molecule has 0 saturated heterocycles. The van der Waals surface area contributed by atoms with Gasteiger partial charge in [0, 0.05) is 11.7 Å². The maximum Gasteiger partial charge on any atom is 0.257 e. The molecule has 0 heterocycles. The Morgan fingerprint density at radius 3 is 2.19 bits per heavy atom. The normalized spacial score (nSPS) is 15.5. The molecule has 0 atom stereocenters. The summed E-state index contributed by atoms with van der Waals surface area (Å²) in [6, 6.07) is 13.9. The molecule has 3 rings (SSSR count). The van der Waals surface area contributed by atoms with E-state index in [1.165, 1.54) is 35.2 Å². The Hall–Kier alpha value is -3.00. The van der Waals surface area contributed by atoms with Gasteiger partial charge in [0.15, 0.2) is 0 Å². The maximum atomic E-state index is 13.4. The van der Waals surface area contributed by atoms with Crippen molar-refractivity contribution in [2.75, 3.05) is 4.90 Å². The maximum absolute atomic E-state index is 13.4. The predicted molar refractivity (Wildman–Crippen MR) is 118 cm³/mol. The standard InChI is InChI=1S/C23H25FN2O4S/c1-17(2)26(20-11-9-19(24)10-12-20)22(28)23(14-6-15-23)21(27)25-31(29,30)16-13-18-7-4-3-5-8-18/h3-5,7-13,16-17H,6,14-15H2,1-2H3,(H,25,27)/b16-13+. The van der Waals surface area contributed by atoms with Crippen LogP contribution in [0, 0.1) is 11.2 Å². The van der Waals surface area contributed by atoms with E-state index in [9.17, 15) is 22.4 Å². The van der Waals surface area contributed by atoms with Gasteiger partial charge in [-0.15, -0.1) is 0 Å². The third-order valence-electron chi connectivity index (χ3n) is 5.37. The Morgan fingerprint density at radius 2 is 1.68 bits per heavy atom. The van der Waals surface area contributed by atoms with Crippen LogP contribution in [0.3, 0.4) is 0 Å². The largest absolute Gasteiger partial charge is 0.309 e. The van der Waals surface area contributed by atoms with Crippen LogP contribution in [0.2, 0.25) is 0 Å². The molecule has 0 radical (unpaired) electrons.